The zero-order chi connectivity index (χ0) is 11.7. The Morgan fingerprint density at radius 3 is 1.87 bits per heavy atom. The van der Waals surface area contributed by atoms with Gasteiger partial charge in [-0.05, 0) is 51.4 Å². The van der Waals surface area contributed by atoms with E-state index in [1.165, 1.54) is 45.4 Å². The molecule has 1 N–H and O–H groups in total. The second-order valence-corrected chi connectivity index (χ2v) is 4.24. The first-order valence-electron chi connectivity index (χ1n) is 6.70. The van der Waals surface area contributed by atoms with Crippen molar-refractivity contribution in [2.45, 2.75) is 47.0 Å². The number of hydrogen-bond acceptors (Lipinski definition) is 2. The molecule has 2 rings (SSSR count). The van der Waals surface area contributed by atoms with Crippen molar-refractivity contribution in [3.8, 4) is 0 Å². The van der Waals surface area contributed by atoms with Gasteiger partial charge in [0.2, 0.25) is 0 Å². The summed E-state index contributed by atoms with van der Waals surface area (Å²) < 4.78 is 0. The van der Waals surface area contributed by atoms with E-state index < -0.39 is 0 Å². The van der Waals surface area contributed by atoms with Gasteiger partial charge in [-0.1, -0.05) is 27.7 Å². The first kappa shape index (κ1) is 14.9. The molecule has 0 aliphatic carbocycles. The molecule has 1 spiro atoms. The molecule has 92 valence electrons. The summed E-state index contributed by atoms with van der Waals surface area (Å²) in [6, 6.07) is 0. The lowest BCUT2D eigenvalue weighted by molar-refractivity contribution is 0.207. The molecule has 2 heterocycles. The highest BCUT2D eigenvalue weighted by Crippen LogP contribution is 2.37. The Hall–Kier alpha value is -0.0800. The maximum absolute atomic E-state index is 3.43. The van der Waals surface area contributed by atoms with Crippen molar-refractivity contribution < 1.29 is 0 Å². The Morgan fingerprint density at radius 2 is 1.47 bits per heavy atom. The second-order valence-electron chi connectivity index (χ2n) is 4.24. The fourth-order valence-corrected chi connectivity index (χ4v) is 2.52. The van der Waals surface area contributed by atoms with E-state index >= 15 is 0 Å². The molecular weight excluding hydrogens is 184 g/mol. The quantitative estimate of drug-likeness (QED) is 0.667. The predicted octanol–water partition coefficient (Wildman–Crippen LogP) is 2.74. The highest BCUT2D eigenvalue weighted by Gasteiger charge is 2.37. The molecule has 2 saturated heterocycles. The van der Waals surface area contributed by atoms with Gasteiger partial charge in [0.15, 0.2) is 0 Å². The van der Waals surface area contributed by atoms with Crippen molar-refractivity contribution in [1.29, 1.82) is 0 Å². The molecule has 0 amide bonds. The number of nitrogens with zero attached hydrogens (tertiary/aromatic N) is 1. The molecule has 2 heteroatoms. The number of hydrogen-bond donors (Lipinski definition) is 1. The third kappa shape index (κ3) is 4.52. The van der Waals surface area contributed by atoms with Crippen LogP contribution in [-0.2, 0) is 0 Å². The number of piperidine rings is 1. The van der Waals surface area contributed by atoms with Gasteiger partial charge in [-0.15, -0.1) is 0 Å². The molecule has 15 heavy (non-hydrogen) atoms. The Kier molecular flexibility index (Phi) is 8.07. The molecule has 2 fully saturated rings. The van der Waals surface area contributed by atoms with Crippen LogP contribution in [-0.4, -0.2) is 38.1 Å². The summed E-state index contributed by atoms with van der Waals surface area (Å²) in [4.78, 5) is 2.48. The van der Waals surface area contributed by atoms with Crippen LogP contribution in [0.5, 0.6) is 0 Å². The number of nitrogens with one attached hydrogen (secondary N) is 1. The van der Waals surface area contributed by atoms with Crippen molar-refractivity contribution in [3.05, 3.63) is 0 Å². The van der Waals surface area contributed by atoms with Crippen LogP contribution >= 0.6 is 0 Å². The van der Waals surface area contributed by atoms with Crippen LogP contribution in [0.25, 0.3) is 0 Å². The summed E-state index contributed by atoms with van der Waals surface area (Å²) in [5.74, 6) is 0. The van der Waals surface area contributed by atoms with Crippen LogP contribution in [0.2, 0.25) is 0 Å². The fraction of sp³-hybridized carbons (Fsp3) is 1.00. The third-order valence-corrected chi connectivity index (χ3v) is 3.29. The fourth-order valence-electron chi connectivity index (χ4n) is 2.52. The SMILES string of the molecule is CC.CC.CN1CCC2(CCNCC2)C1. The molecule has 2 nitrogen and oxygen atoms in total. The van der Waals surface area contributed by atoms with Crippen molar-refractivity contribution in [2.75, 3.05) is 33.2 Å². The van der Waals surface area contributed by atoms with E-state index in [9.17, 15) is 0 Å². The third-order valence-electron chi connectivity index (χ3n) is 3.29. The summed E-state index contributed by atoms with van der Waals surface area (Å²) in [5, 5.41) is 3.43. The van der Waals surface area contributed by atoms with E-state index in [-0.39, 0.29) is 0 Å². The zero-order valence-corrected chi connectivity index (χ0v) is 11.4. The van der Waals surface area contributed by atoms with Gasteiger partial charge >= 0.3 is 0 Å². The molecule has 0 radical (unpaired) electrons. The maximum atomic E-state index is 3.43. The van der Waals surface area contributed by atoms with Gasteiger partial charge in [0.25, 0.3) is 0 Å². The molecule has 0 saturated carbocycles. The lowest BCUT2D eigenvalue weighted by Gasteiger charge is -2.33. The minimum absolute atomic E-state index is 0.708. The highest BCUT2D eigenvalue weighted by atomic mass is 15.1. The normalized spacial score (nSPS) is 23.8. The Labute approximate surface area is 96.4 Å². The van der Waals surface area contributed by atoms with E-state index in [0.29, 0.717) is 5.41 Å². The van der Waals surface area contributed by atoms with Gasteiger partial charge in [-0.2, -0.15) is 0 Å². The zero-order valence-electron chi connectivity index (χ0n) is 11.4. The highest BCUT2D eigenvalue weighted by molar-refractivity contribution is 4.91. The minimum Gasteiger partial charge on any atom is -0.317 e. The van der Waals surface area contributed by atoms with Gasteiger partial charge in [0.05, 0.1) is 0 Å². The monoisotopic (exact) mass is 214 g/mol. The summed E-state index contributed by atoms with van der Waals surface area (Å²) in [6.45, 7) is 13.1. The predicted molar refractivity (Wildman–Crippen MR) is 69.3 cm³/mol. The largest absolute Gasteiger partial charge is 0.317 e. The topological polar surface area (TPSA) is 15.3 Å². The van der Waals surface area contributed by atoms with Crippen molar-refractivity contribution >= 4 is 0 Å². The number of rotatable bonds is 0. The molecule has 2 aliphatic rings. The van der Waals surface area contributed by atoms with Gasteiger partial charge in [-0.25, -0.2) is 0 Å². The van der Waals surface area contributed by atoms with E-state index in [1.807, 2.05) is 27.7 Å². The van der Waals surface area contributed by atoms with Crippen molar-refractivity contribution in [3.63, 3.8) is 0 Å². The molecule has 2 aliphatic heterocycles. The van der Waals surface area contributed by atoms with Crippen LogP contribution < -0.4 is 5.32 Å². The second kappa shape index (κ2) is 8.12. The standard InChI is InChI=1S/C9H18N2.2C2H6/c1-11-7-4-9(8-11)2-5-10-6-3-9;2*1-2/h10H,2-8H2,1H3;2*1-2H3. The van der Waals surface area contributed by atoms with Crippen LogP contribution in [0, 0.1) is 5.41 Å². The van der Waals surface area contributed by atoms with Crippen molar-refractivity contribution in [1.82, 2.24) is 10.2 Å². The summed E-state index contributed by atoms with van der Waals surface area (Å²) >= 11 is 0. The molecule has 0 bridgehead atoms. The first-order chi connectivity index (χ1) is 7.31. The van der Waals surface area contributed by atoms with Gasteiger partial charge in [0, 0.05) is 6.54 Å². The van der Waals surface area contributed by atoms with E-state index in [1.54, 1.807) is 0 Å². The van der Waals surface area contributed by atoms with Crippen LogP contribution in [0.1, 0.15) is 47.0 Å². The molecule has 0 unspecified atom stereocenters. The molecule has 0 aromatic carbocycles. The van der Waals surface area contributed by atoms with E-state index in [2.05, 4.69) is 17.3 Å². The summed E-state index contributed by atoms with van der Waals surface area (Å²) in [7, 11) is 2.25. The molecule has 0 aromatic heterocycles. The van der Waals surface area contributed by atoms with E-state index in [0.717, 1.165) is 0 Å². The van der Waals surface area contributed by atoms with Gasteiger partial charge in [-0.3, -0.25) is 0 Å². The van der Waals surface area contributed by atoms with Crippen LogP contribution in [0.4, 0.5) is 0 Å². The molecule has 0 atom stereocenters. The van der Waals surface area contributed by atoms with Gasteiger partial charge in [0.1, 0.15) is 0 Å². The van der Waals surface area contributed by atoms with E-state index in [4.69, 9.17) is 0 Å². The Bertz CT molecular complexity index is 134. The average molecular weight is 214 g/mol. The minimum atomic E-state index is 0.708. The molecular formula is C13H30N2. The summed E-state index contributed by atoms with van der Waals surface area (Å²) in [6.07, 6.45) is 4.24. The molecule has 0 aromatic rings. The van der Waals surface area contributed by atoms with Gasteiger partial charge < -0.3 is 10.2 Å². The van der Waals surface area contributed by atoms with Crippen LogP contribution in [0.3, 0.4) is 0 Å². The lowest BCUT2D eigenvalue weighted by atomic mass is 9.78. The Balaban J connectivity index is 0.000000442. The Morgan fingerprint density at radius 1 is 0.933 bits per heavy atom. The van der Waals surface area contributed by atoms with Crippen LogP contribution in [0.15, 0.2) is 0 Å². The smallest absolute Gasteiger partial charge is 0.00364 e. The maximum Gasteiger partial charge on any atom is 0.00364 e. The number of likely N-dealkylation sites (tertiary alicyclic amines) is 1. The first-order valence-corrected chi connectivity index (χ1v) is 6.70. The average Bonchev–Trinajstić information content (AvgIpc) is 2.66. The van der Waals surface area contributed by atoms with Crippen molar-refractivity contribution in [2.24, 2.45) is 5.41 Å². The lowest BCUT2D eigenvalue weighted by Crippen LogP contribution is -2.38. The summed E-state index contributed by atoms with van der Waals surface area (Å²) in [5.41, 5.74) is 0.708.